The molecular formula is C22H21Cl2N3O3. The van der Waals surface area contributed by atoms with Gasteiger partial charge < -0.3 is 10.1 Å². The molecule has 1 N–H and O–H groups in total. The Hall–Kier alpha value is -2.83. The number of anilines is 1. The van der Waals surface area contributed by atoms with Gasteiger partial charge in [-0.25, -0.2) is 9.48 Å². The second-order valence-corrected chi connectivity index (χ2v) is 7.71. The number of halogens is 2. The number of hydrogen-bond acceptors (Lipinski definition) is 4. The molecular weight excluding hydrogens is 425 g/mol. The minimum absolute atomic E-state index is 0.128. The summed E-state index contributed by atoms with van der Waals surface area (Å²) in [5, 5.41) is 7.76. The lowest BCUT2D eigenvalue weighted by Crippen LogP contribution is -2.21. The van der Waals surface area contributed by atoms with Crippen molar-refractivity contribution in [2.24, 2.45) is 0 Å². The molecule has 1 aromatic heterocycles. The number of aryl methyl sites for hydroxylation is 3. The van der Waals surface area contributed by atoms with Gasteiger partial charge in [-0.3, -0.25) is 4.79 Å². The van der Waals surface area contributed by atoms with Crippen molar-refractivity contribution < 1.29 is 14.3 Å². The van der Waals surface area contributed by atoms with Crippen molar-refractivity contribution >= 4 is 40.8 Å². The number of carbonyl (C=O) groups is 2. The number of carbonyl (C=O) groups excluding carboxylic acids is 2. The Morgan fingerprint density at radius 3 is 2.57 bits per heavy atom. The zero-order valence-corrected chi connectivity index (χ0v) is 18.3. The highest BCUT2D eigenvalue weighted by Gasteiger charge is 2.23. The quantitative estimate of drug-likeness (QED) is 0.544. The predicted molar refractivity (Wildman–Crippen MR) is 117 cm³/mol. The van der Waals surface area contributed by atoms with Crippen LogP contribution in [0.2, 0.25) is 10.2 Å². The average Bonchev–Trinajstić information content (AvgIpc) is 2.98. The minimum Gasteiger partial charge on any atom is -0.452 e. The van der Waals surface area contributed by atoms with Gasteiger partial charge in [0.1, 0.15) is 10.7 Å². The zero-order chi connectivity index (χ0) is 21.8. The van der Waals surface area contributed by atoms with Crippen molar-refractivity contribution in [3.8, 4) is 0 Å². The molecule has 0 saturated carbocycles. The SMILES string of the molecule is Cc1ccc(C)c(NC(=O)COC(=O)c2c(C)nn(Cc3ccccc3Cl)c2Cl)c1. The Labute approximate surface area is 184 Å². The number of ether oxygens (including phenoxy) is 1. The van der Waals surface area contributed by atoms with Crippen molar-refractivity contribution in [2.75, 3.05) is 11.9 Å². The molecule has 156 valence electrons. The number of benzene rings is 2. The van der Waals surface area contributed by atoms with Gasteiger partial charge in [0.05, 0.1) is 12.2 Å². The first-order valence-electron chi connectivity index (χ1n) is 9.26. The van der Waals surface area contributed by atoms with E-state index in [1.54, 1.807) is 13.0 Å². The summed E-state index contributed by atoms with van der Waals surface area (Å²) in [6, 6.07) is 13.0. The van der Waals surface area contributed by atoms with E-state index >= 15 is 0 Å². The summed E-state index contributed by atoms with van der Waals surface area (Å²) in [5.41, 5.74) is 3.96. The molecule has 8 heteroatoms. The lowest BCUT2D eigenvalue weighted by atomic mass is 10.1. The van der Waals surface area contributed by atoms with Crippen molar-refractivity contribution in [1.82, 2.24) is 9.78 Å². The van der Waals surface area contributed by atoms with Gasteiger partial charge in [-0.15, -0.1) is 0 Å². The minimum atomic E-state index is -0.709. The number of nitrogens with zero attached hydrogens (tertiary/aromatic N) is 2. The first-order valence-corrected chi connectivity index (χ1v) is 10.0. The molecule has 0 aliphatic heterocycles. The maximum atomic E-state index is 12.5. The normalized spacial score (nSPS) is 10.7. The molecule has 1 amide bonds. The van der Waals surface area contributed by atoms with Crippen LogP contribution < -0.4 is 5.32 Å². The number of hydrogen-bond donors (Lipinski definition) is 1. The molecule has 0 unspecified atom stereocenters. The van der Waals surface area contributed by atoms with E-state index < -0.39 is 18.5 Å². The van der Waals surface area contributed by atoms with Crippen LogP contribution in [0.4, 0.5) is 5.69 Å². The third-order valence-corrected chi connectivity index (χ3v) is 5.30. The van der Waals surface area contributed by atoms with E-state index in [1.165, 1.54) is 4.68 Å². The average molecular weight is 446 g/mol. The van der Waals surface area contributed by atoms with Crippen LogP contribution in [0, 0.1) is 20.8 Å². The van der Waals surface area contributed by atoms with Crippen LogP contribution in [0.1, 0.15) is 32.7 Å². The molecule has 2 aromatic carbocycles. The van der Waals surface area contributed by atoms with Gasteiger partial charge in [0.2, 0.25) is 0 Å². The highest BCUT2D eigenvalue weighted by molar-refractivity contribution is 6.33. The third-order valence-electron chi connectivity index (χ3n) is 4.55. The molecule has 6 nitrogen and oxygen atoms in total. The molecule has 0 atom stereocenters. The second-order valence-electron chi connectivity index (χ2n) is 6.94. The van der Waals surface area contributed by atoms with Gasteiger partial charge in [-0.2, -0.15) is 5.10 Å². The van der Waals surface area contributed by atoms with Gasteiger partial charge in [0.25, 0.3) is 5.91 Å². The van der Waals surface area contributed by atoms with E-state index in [0.29, 0.717) is 22.9 Å². The largest absolute Gasteiger partial charge is 0.452 e. The fourth-order valence-corrected chi connectivity index (χ4v) is 3.44. The predicted octanol–water partition coefficient (Wildman–Crippen LogP) is 4.96. The van der Waals surface area contributed by atoms with Crippen LogP contribution in [0.25, 0.3) is 0 Å². The monoisotopic (exact) mass is 445 g/mol. The topological polar surface area (TPSA) is 73.2 Å². The van der Waals surface area contributed by atoms with E-state index in [9.17, 15) is 9.59 Å². The summed E-state index contributed by atoms with van der Waals surface area (Å²) in [4.78, 5) is 24.7. The van der Waals surface area contributed by atoms with Gasteiger partial charge in [-0.05, 0) is 49.6 Å². The molecule has 0 radical (unpaired) electrons. The molecule has 0 spiro atoms. The number of aromatic nitrogens is 2. The molecule has 0 aliphatic carbocycles. The van der Waals surface area contributed by atoms with Gasteiger partial charge in [-0.1, -0.05) is 53.5 Å². The van der Waals surface area contributed by atoms with Crippen LogP contribution in [0.5, 0.6) is 0 Å². The van der Waals surface area contributed by atoms with Gasteiger partial charge >= 0.3 is 5.97 Å². The number of rotatable bonds is 6. The number of esters is 1. The zero-order valence-electron chi connectivity index (χ0n) is 16.8. The van der Waals surface area contributed by atoms with Crippen LogP contribution in [0.3, 0.4) is 0 Å². The summed E-state index contributed by atoms with van der Waals surface area (Å²) >= 11 is 12.6. The number of amides is 1. The smallest absolute Gasteiger partial charge is 0.343 e. The first-order chi connectivity index (χ1) is 14.3. The van der Waals surface area contributed by atoms with E-state index in [0.717, 1.165) is 16.7 Å². The van der Waals surface area contributed by atoms with Gasteiger partial charge in [0.15, 0.2) is 6.61 Å². The molecule has 0 bridgehead atoms. The first kappa shape index (κ1) is 21.9. The third kappa shape index (κ3) is 5.01. The molecule has 3 aromatic rings. The summed E-state index contributed by atoms with van der Waals surface area (Å²) in [6.45, 7) is 5.34. The summed E-state index contributed by atoms with van der Waals surface area (Å²) < 4.78 is 6.64. The lowest BCUT2D eigenvalue weighted by molar-refractivity contribution is -0.119. The van der Waals surface area contributed by atoms with E-state index in [1.807, 2.05) is 50.2 Å². The Kier molecular flexibility index (Phi) is 6.80. The van der Waals surface area contributed by atoms with Crippen molar-refractivity contribution in [1.29, 1.82) is 0 Å². The van der Waals surface area contributed by atoms with E-state index in [-0.39, 0.29) is 10.7 Å². The summed E-state index contributed by atoms with van der Waals surface area (Å²) in [6.07, 6.45) is 0. The Balaban J connectivity index is 1.67. The molecule has 3 rings (SSSR count). The Morgan fingerprint density at radius 1 is 1.10 bits per heavy atom. The maximum absolute atomic E-state index is 12.5. The lowest BCUT2D eigenvalue weighted by Gasteiger charge is -2.10. The van der Waals surface area contributed by atoms with Crippen LogP contribution in [0.15, 0.2) is 42.5 Å². The van der Waals surface area contributed by atoms with E-state index in [2.05, 4.69) is 10.4 Å². The molecule has 30 heavy (non-hydrogen) atoms. The summed E-state index contributed by atoms with van der Waals surface area (Å²) in [5.74, 6) is -1.15. The van der Waals surface area contributed by atoms with Crippen LogP contribution in [-0.2, 0) is 16.1 Å². The van der Waals surface area contributed by atoms with Crippen molar-refractivity contribution in [3.05, 3.63) is 80.6 Å². The highest BCUT2D eigenvalue weighted by atomic mass is 35.5. The Bertz CT molecular complexity index is 1110. The maximum Gasteiger partial charge on any atom is 0.343 e. The van der Waals surface area contributed by atoms with Crippen molar-refractivity contribution in [2.45, 2.75) is 27.3 Å². The van der Waals surface area contributed by atoms with Crippen molar-refractivity contribution in [3.63, 3.8) is 0 Å². The fraction of sp³-hybridized carbons (Fsp3) is 0.227. The molecule has 0 saturated heterocycles. The van der Waals surface area contributed by atoms with Gasteiger partial charge in [0, 0.05) is 10.7 Å². The second kappa shape index (κ2) is 9.32. The van der Waals surface area contributed by atoms with E-state index in [4.69, 9.17) is 27.9 Å². The molecule has 0 aliphatic rings. The molecule has 1 heterocycles. The molecule has 0 fully saturated rings. The van der Waals surface area contributed by atoms with Crippen LogP contribution in [-0.4, -0.2) is 28.3 Å². The van der Waals surface area contributed by atoms with Crippen LogP contribution >= 0.6 is 23.2 Å². The summed E-state index contributed by atoms with van der Waals surface area (Å²) in [7, 11) is 0. The number of nitrogens with one attached hydrogen (secondary N) is 1. The standard InChI is InChI=1S/C22H21Cl2N3O3/c1-13-8-9-14(2)18(10-13)25-19(28)12-30-22(29)20-15(3)26-27(21(20)24)11-16-6-4-5-7-17(16)23/h4-10H,11-12H2,1-3H3,(H,25,28). The highest BCUT2D eigenvalue weighted by Crippen LogP contribution is 2.24. The fourth-order valence-electron chi connectivity index (χ4n) is 2.94. The Morgan fingerprint density at radius 2 is 1.83 bits per heavy atom.